The lowest BCUT2D eigenvalue weighted by Gasteiger charge is -2.05. The molecule has 0 heterocycles. The van der Waals surface area contributed by atoms with Crippen molar-refractivity contribution >= 4 is 17.9 Å². The number of benzene rings is 1. The van der Waals surface area contributed by atoms with E-state index >= 15 is 0 Å². The summed E-state index contributed by atoms with van der Waals surface area (Å²) in [6, 6.07) is 6.09. The highest BCUT2D eigenvalue weighted by atomic mass is 16.5. The Morgan fingerprint density at radius 2 is 1.78 bits per heavy atom. The summed E-state index contributed by atoms with van der Waals surface area (Å²) in [5, 5.41) is 4.19. The van der Waals surface area contributed by atoms with Gasteiger partial charge < -0.3 is 10.1 Å². The highest BCUT2D eigenvalue weighted by Gasteiger charge is 2.11. The molecule has 0 aliphatic heterocycles. The summed E-state index contributed by atoms with van der Waals surface area (Å²) in [6.07, 6.45) is 0. The van der Waals surface area contributed by atoms with Gasteiger partial charge in [0.15, 0.2) is 6.61 Å². The number of esters is 1. The quantitative estimate of drug-likeness (QED) is 0.770. The molecule has 0 aliphatic carbocycles. The maximum absolute atomic E-state index is 11.5. The lowest BCUT2D eigenvalue weighted by atomic mass is 10.1. The molecule has 0 atom stereocenters. The fourth-order valence-electron chi connectivity index (χ4n) is 1.13. The molecule has 96 valence electrons. The van der Waals surface area contributed by atoms with Crippen LogP contribution in [0.3, 0.4) is 0 Å². The van der Waals surface area contributed by atoms with E-state index in [1.807, 2.05) is 12.2 Å². The van der Waals surface area contributed by atoms with E-state index in [0.717, 1.165) is 5.56 Å². The molecular formula is C12H14N2O4. The van der Waals surface area contributed by atoms with Crippen LogP contribution in [-0.2, 0) is 9.53 Å². The first kappa shape index (κ1) is 13.7. The van der Waals surface area contributed by atoms with Crippen molar-refractivity contribution in [2.24, 2.45) is 0 Å². The van der Waals surface area contributed by atoms with E-state index in [1.165, 1.54) is 7.05 Å². The van der Waals surface area contributed by atoms with Gasteiger partial charge in [-0.15, -0.1) is 0 Å². The fourth-order valence-corrected chi connectivity index (χ4v) is 1.13. The van der Waals surface area contributed by atoms with Crippen LogP contribution >= 0.6 is 0 Å². The van der Waals surface area contributed by atoms with E-state index in [0.29, 0.717) is 5.56 Å². The van der Waals surface area contributed by atoms with Crippen molar-refractivity contribution < 1.29 is 19.1 Å². The van der Waals surface area contributed by atoms with Crippen LogP contribution < -0.4 is 10.6 Å². The standard InChI is InChI=1S/C12H14N2O4/c1-8-3-5-9(6-4-8)11(16)18-7-10(15)14-12(17)13-2/h3-6H,7H2,1-2H3,(H2,13,14,15,17). The van der Waals surface area contributed by atoms with Crippen molar-refractivity contribution in [3.05, 3.63) is 35.4 Å². The van der Waals surface area contributed by atoms with Crippen molar-refractivity contribution in [1.29, 1.82) is 0 Å². The molecule has 0 aliphatic rings. The first-order valence-electron chi connectivity index (χ1n) is 5.28. The van der Waals surface area contributed by atoms with Crippen LogP contribution in [0.4, 0.5) is 4.79 Å². The van der Waals surface area contributed by atoms with E-state index in [1.54, 1.807) is 24.3 Å². The Labute approximate surface area is 104 Å². The molecule has 1 rings (SSSR count). The summed E-state index contributed by atoms with van der Waals surface area (Å²) in [5.74, 6) is -1.29. The Bertz CT molecular complexity index is 454. The molecule has 0 saturated heterocycles. The second-order valence-electron chi connectivity index (χ2n) is 3.57. The van der Waals surface area contributed by atoms with Gasteiger partial charge in [0.2, 0.25) is 0 Å². The third kappa shape index (κ3) is 4.25. The minimum absolute atomic E-state index is 0.355. The Morgan fingerprint density at radius 1 is 1.17 bits per heavy atom. The molecule has 2 N–H and O–H groups in total. The maximum atomic E-state index is 11.5. The lowest BCUT2D eigenvalue weighted by molar-refractivity contribution is -0.123. The molecule has 0 unspecified atom stereocenters. The average molecular weight is 250 g/mol. The van der Waals surface area contributed by atoms with Crippen molar-refractivity contribution in [2.45, 2.75) is 6.92 Å². The third-order valence-electron chi connectivity index (χ3n) is 2.10. The summed E-state index contributed by atoms with van der Waals surface area (Å²) < 4.78 is 4.74. The molecular weight excluding hydrogens is 236 g/mol. The average Bonchev–Trinajstić information content (AvgIpc) is 2.36. The number of aryl methyl sites for hydroxylation is 1. The first-order valence-corrected chi connectivity index (χ1v) is 5.28. The van der Waals surface area contributed by atoms with Crippen LogP contribution in [0.5, 0.6) is 0 Å². The van der Waals surface area contributed by atoms with E-state index in [-0.39, 0.29) is 0 Å². The molecule has 6 nitrogen and oxygen atoms in total. The Hall–Kier alpha value is -2.37. The number of amides is 3. The summed E-state index contributed by atoms with van der Waals surface area (Å²) in [7, 11) is 1.38. The second-order valence-corrected chi connectivity index (χ2v) is 3.57. The number of urea groups is 1. The van der Waals surface area contributed by atoms with Gasteiger partial charge in [0, 0.05) is 7.05 Å². The highest BCUT2D eigenvalue weighted by Crippen LogP contribution is 2.04. The minimum Gasteiger partial charge on any atom is -0.452 e. The van der Waals surface area contributed by atoms with Crippen molar-refractivity contribution in [1.82, 2.24) is 10.6 Å². The number of ether oxygens (including phenoxy) is 1. The molecule has 0 aromatic heterocycles. The van der Waals surface area contributed by atoms with Gasteiger partial charge in [-0.05, 0) is 19.1 Å². The molecule has 0 fully saturated rings. The molecule has 1 aromatic carbocycles. The number of carbonyl (C=O) groups is 3. The summed E-state index contributed by atoms with van der Waals surface area (Å²) in [6.45, 7) is 1.39. The van der Waals surface area contributed by atoms with Crippen LogP contribution in [0.2, 0.25) is 0 Å². The fraction of sp³-hybridized carbons (Fsp3) is 0.250. The van der Waals surface area contributed by atoms with Crippen LogP contribution in [0.15, 0.2) is 24.3 Å². The van der Waals surface area contributed by atoms with Crippen molar-refractivity contribution in [2.75, 3.05) is 13.7 Å². The Balaban J connectivity index is 2.44. The van der Waals surface area contributed by atoms with Gasteiger partial charge in [0.25, 0.3) is 5.91 Å². The van der Waals surface area contributed by atoms with Crippen LogP contribution in [0, 0.1) is 6.92 Å². The van der Waals surface area contributed by atoms with Crippen LogP contribution in [-0.4, -0.2) is 31.6 Å². The normalized spacial score (nSPS) is 9.44. The van der Waals surface area contributed by atoms with Gasteiger partial charge in [0.05, 0.1) is 5.56 Å². The zero-order chi connectivity index (χ0) is 13.5. The summed E-state index contributed by atoms with van der Waals surface area (Å²) in [5.41, 5.74) is 1.37. The number of imide groups is 1. The number of hydrogen-bond donors (Lipinski definition) is 2. The number of hydrogen-bond acceptors (Lipinski definition) is 4. The SMILES string of the molecule is CNC(=O)NC(=O)COC(=O)c1ccc(C)cc1. The zero-order valence-corrected chi connectivity index (χ0v) is 10.1. The topological polar surface area (TPSA) is 84.5 Å². The third-order valence-corrected chi connectivity index (χ3v) is 2.10. The van der Waals surface area contributed by atoms with Gasteiger partial charge in [-0.25, -0.2) is 9.59 Å². The highest BCUT2D eigenvalue weighted by molar-refractivity contribution is 5.96. The molecule has 0 radical (unpaired) electrons. The van der Waals surface area contributed by atoms with Crippen molar-refractivity contribution in [3.63, 3.8) is 0 Å². The van der Waals surface area contributed by atoms with E-state index in [2.05, 4.69) is 5.32 Å². The Kier molecular flexibility index (Phi) is 4.86. The zero-order valence-electron chi connectivity index (χ0n) is 10.1. The summed E-state index contributed by atoms with van der Waals surface area (Å²) in [4.78, 5) is 33.5. The van der Waals surface area contributed by atoms with Crippen LogP contribution in [0.25, 0.3) is 0 Å². The van der Waals surface area contributed by atoms with E-state index < -0.39 is 24.5 Å². The van der Waals surface area contributed by atoms with Gasteiger partial charge >= 0.3 is 12.0 Å². The molecule has 6 heteroatoms. The predicted octanol–water partition coefficient (Wildman–Crippen LogP) is 0.607. The molecule has 3 amide bonds. The van der Waals surface area contributed by atoms with Gasteiger partial charge in [-0.3, -0.25) is 10.1 Å². The molecule has 0 bridgehead atoms. The largest absolute Gasteiger partial charge is 0.452 e. The number of rotatable bonds is 3. The summed E-state index contributed by atoms with van der Waals surface area (Å²) >= 11 is 0. The smallest absolute Gasteiger partial charge is 0.338 e. The monoisotopic (exact) mass is 250 g/mol. The second kappa shape index (κ2) is 6.39. The number of nitrogens with one attached hydrogen (secondary N) is 2. The molecule has 18 heavy (non-hydrogen) atoms. The minimum atomic E-state index is -0.685. The van der Waals surface area contributed by atoms with E-state index in [4.69, 9.17) is 4.74 Å². The first-order chi connectivity index (χ1) is 8.52. The van der Waals surface area contributed by atoms with Crippen LogP contribution in [0.1, 0.15) is 15.9 Å². The molecule has 1 aromatic rings. The maximum Gasteiger partial charge on any atom is 0.338 e. The Morgan fingerprint density at radius 3 is 2.33 bits per heavy atom. The van der Waals surface area contributed by atoms with Crippen molar-refractivity contribution in [3.8, 4) is 0 Å². The van der Waals surface area contributed by atoms with E-state index in [9.17, 15) is 14.4 Å². The molecule has 0 spiro atoms. The lowest BCUT2D eigenvalue weighted by Crippen LogP contribution is -2.39. The van der Waals surface area contributed by atoms with Gasteiger partial charge in [0.1, 0.15) is 0 Å². The molecule has 0 saturated carbocycles. The van der Waals surface area contributed by atoms with Gasteiger partial charge in [-0.1, -0.05) is 17.7 Å². The predicted molar refractivity (Wildman–Crippen MR) is 64.1 cm³/mol. The van der Waals surface area contributed by atoms with Gasteiger partial charge in [-0.2, -0.15) is 0 Å². The number of carbonyl (C=O) groups excluding carboxylic acids is 3.